The Labute approximate surface area is 73.1 Å². The highest BCUT2D eigenvalue weighted by molar-refractivity contribution is 5.08. The first-order valence-electron chi connectivity index (χ1n) is 6.31. The van der Waals surface area contributed by atoms with Crippen LogP contribution in [0.5, 0.6) is 0 Å². The van der Waals surface area contributed by atoms with Gasteiger partial charge in [0.25, 0.3) is 0 Å². The number of nitrogens with zero attached hydrogens (tertiary/aromatic N) is 1. The number of aromatic amines is 1. The molecule has 0 saturated carbocycles. The number of hydrogen-bond acceptors (Lipinski definition) is 3. The molecular formula is C7H8N2O2. The minimum Gasteiger partial charge on any atom is -0.380 e. The summed E-state index contributed by atoms with van der Waals surface area (Å²) in [7, 11) is 0. The maximum absolute atomic E-state index is 11.1. The number of hydrogen-bond donors (Lipinski definition) is 1. The van der Waals surface area contributed by atoms with Crippen LogP contribution >= 0.6 is 0 Å². The lowest BCUT2D eigenvalue weighted by Gasteiger charge is -2.25. The highest BCUT2D eigenvalue weighted by atomic mass is 16.5. The number of H-pyrrole nitrogens is 1. The molecule has 2 rings (SSSR count). The van der Waals surface area contributed by atoms with Gasteiger partial charge < -0.3 is 9.72 Å². The molecular weight excluding hydrogens is 144 g/mol. The molecule has 0 unspecified atom stereocenters. The van der Waals surface area contributed by atoms with Crippen LogP contribution in [-0.4, -0.2) is 23.1 Å². The van der Waals surface area contributed by atoms with Crippen molar-refractivity contribution in [3.63, 3.8) is 0 Å². The van der Waals surface area contributed by atoms with Crippen LogP contribution in [0.4, 0.5) is 0 Å². The van der Waals surface area contributed by atoms with Gasteiger partial charge >= 0.3 is 5.69 Å². The molecule has 58 valence electrons. The summed E-state index contributed by atoms with van der Waals surface area (Å²) in [5.41, 5.74) is -1.70. The van der Waals surface area contributed by atoms with Crippen molar-refractivity contribution in [3.05, 3.63) is 28.4 Å². The van der Waals surface area contributed by atoms with E-state index in [1.165, 1.54) is 0 Å². The fourth-order valence-electron chi connectivity index (χ4n) is 0.630. The van der Waals surface area contributed by atoms with Gasteiger partial charge in [0, 0.05) is 19.1 Å². The standard InChI is InChI=1S/C7H8N2O2/c10-7-8-2-1-6(9-7)5-3-11-4-5/h1-2,5H,3-4H2,(H,8,9,10)/i1D,2D,3D2,4D2,5D. The maximum atomic E-state index is 11.1. The first kappa shape index (κ1) is 2.42. The van der Waals surface area contributed by atoms with Crippen molar-refractivity contribution in [3.8, 4) is 0 Å². The first-order valence-corrected chi connectivity index (χ1v) is 2.81. The summed E-state index contributed by atoms with van der Waals surface area (Å²) in [4.78, 5) is 16.2. The van der Waals surface area contributed by atoms with E-state index in [0.717, 1.165) is 0 Å². The normalized spacial score (nSPS) is 39.1. The third-order valence-electron chi connectivity index (χ3n) is 1.13. The van der Waals surface area contributed by atoms with E-state index < -0.39 is 42.6 Å². The minimum absolute atomic E-state index is 0.659. The van der Waals surface area contributed by atoms with Gasteiger partial charge in [0.2, 0.25) is 0 Å². The fraction of sp³-hybridized carbons (Fsp3) is 0.429. The summed E-state index contributed by atoms with van der Waals surface area (Å²) in [6.45, 7) is -5.44. The lowest BCUT2D eigenvalue weighted by molar-refractivity contribution is 0.00657. The van der Waals surface area contributed by atoms with Gasteiger partial charge in [-0.1, -0.05) is 0 Å². The van der Waals surface area contributed by atoms with E-state index in [4.69, 9.17) is 9.60 Å². The number of aromatic nitrogens is 2. The highest BCUT2D eigenvalue weighted by Crippen LogP contribution is 2.20. The average Bonchev–Trinajstić information content (AvgIpc) is 2.20. The second-order valence-electron chi connectivity index (χ2n) is 1.83. The summed E-state index contributed by atoms with van der Waals surface area (Å²) < 4.78 is 56.5. The van der Waals surface area contributed by atoms with Crippen LogP contribution in [0.15, 0.2) is 17.0 Å². The van der Waals surface area contributed by atoms with Crippen molar-refractivity contribution in [2.45, 2.75) is 5.89 Å². The molecule has 1 aromatic rings. The highest BCUT2D eigenvalue weighted by Gasteiger charge is 2.20. The lowest BCUT2D eigenvalue weighted by atomic mass is 10.0. The molecule has 1 aliphatic heterocycles. The number of nitrogens with one attached hydrogen (secondary N) is 1. The van der Waals surface area contributed by atoms with Gasteiger partial charge in [0.15, 0.2) is 0 Å². The van der Waals surface area contributed by atoms with E-state index in [0.29, 0.717) is 0 Å². The molecule has 1 N–H and O–H groups in total. The number of ether oxygens (including phenoxy) is 1. The maximum Gasteiger partial charge on any atom is 0.345 e. The van der Waals surface area contributed by atoms with Gasteiger partial charge in [-0.25, -0.2) is 9.78 Å². The summed E-state index contributed by atoms with van der Waals surface area (Å²) >= 11 is 0. The minimum atomic E-state index is -2.72. The molecule has 0 amide bonds. The zero-order chi connectivity index (χ0) is 13.9. The molecule has 0 spiro atoms. The average molecular weight is 159 g/mol. The molecule has 0 aliphatic carbocycles. The van der Waals surface area contributed by atoms with E-state index >= 15 is 0 Å². The Bertz CT molecular complexity index is 555. The van der Waals surface area contributed by atoms with Gasteiger partial charge in [0.1, 0.15) is 0 Å². The molecule has 4 nitrogen and oxygen atoms in total. The zero-order valence-corrected chi connectivity index (χ0v) is 5.26. The zero-order valence-electron chi connectivity index (χ0n) is 12.3. The quantitative estimate of drug-likeness (QED) is 0.621. The topological polar surface area (TPSA) is 55.0 Å². The molecule has 1 fully saturated rings. The van der Waals surface area contributed by atoms with Crippen LogP contribution in [0.2, 0.25) is 0 Å². The third kappa shape index (κ3) is 1.17. The Morgan fingerprint density at radius 1 is 2.00 bits per heavy atom. The fourth-order valence-corrected chi connectivity index (χ4v) is 0.630. The smallest absolute Gasteiger partial charge is 0.345 e. The predicted molar refractivity (Wildman–Crippen MR) is 38.4 cm³/mol. The van der Waals surface area contributed by atoms with Gasteiger partial charge in [-0.2, -0.15) is 0 Å². The molecule has 11 heavy (non-hydrogen) atoms. The Balaban J connectivity index is 2.72. The van der Waals surface area contributed by atoms with Gasteiger partial charge in [-0.05, 0) is 6.04 Å². The molecule has 0 atom stereocenters. The summed E-state index contributed by atoms with van der Waals surface area (Å²) in [6.07, 6.45) is -0.751. The molecule has 1 aromatic heterocycles. The van der Waals surface area contributed by atoms with Crippen molar-refractivity contribution in [2.24, 2.45) is 0 Å². The lowest BCUT2D eigenvalue weighted by Crippen LogP contribution is -2.28. The summed E-state index contributed by atoms with van der Waals surface area (Å²) in [5, 5.41) is 0. The van der Waals surface area contributed by atoms with Crippen molar-refractivity contribution < 1.29 is 14.3 Å². The van der Waals surface area contributed by atoms with Crippen molar-refractivity contribution in [2.75, 3.05) is 13.1 Å². The van der Waals surface area contributed by atoms with Crippen LogP contribution in [0.3, 0.4) is 0 Å². The largest absolute Gasteiger partial charge is 0.380 e. The van der Waals surface area contributed by atoms with Gasteiger partial charge in [0.05, 0.1) is 21.3 Å². The van der Waals surface area contributed by atoms with Crippen LogP contribution in [0.25, 0.3) is 0 Å². The molecule has 1 aliphatic rings. The molecule has 1 saturated heterocycles. The van der Waals surface area contributed by atoms with Crippen molar-refractivity contribution >= 4 is 0 Å². The predicted octanol–water partition coefficient (Wildman–Crippen LogP) is -0.116. The Hall–Kier alpha value is -1.16. The van der Waals surface area contributed by atoms with E-state index in [1.54, 1.807) is 0 Å². The van der Waals surface area contributed by atoms with Crippen LogP contribution in [-0.2, 0) is 4.74 Å². The first-order chi connectivity index (χ1) is 8.03. The summed E-state index contributed by atoms with van der Waals surface area (Å²) in [5.74, 6) is -2.63. The van der Waals surface area contributed by atoms with Gasteiger partial charge in [-0.15, -0.1) is 0 Å². The monoisotopic (exact) mass is 159 g/mol. The van der Waals surface area contributed by atoms with Crippen molar-refractivity contribution in [1.82, 2.24) is 9.97 Å². The van der Waals surface area contributed by atoms with E-state index in [2.05, 4.69) is 9.72 Å². The van der Waals surface area contributed by atoms with E-state index in [1.807, 2.05) is 4.98 Å². The molecule has 2 heterocycles. The summed E-state index contributed by atoms with van der Waals surface area (Å²) in [6, 6.07) is -0.708. The number of rotatable bonds is 1. The second-order valence-corrected chi connectivity index (χ2v) is 1.83. The molecule has 0 radical (unpaired) electrons. The Morgan fingerprint density at radius 3 is 3.55 bits per heavy atom. The van der Waals surface area contributed by atoms with Gasteiger partial charge in [-0.3, -0.25) is 0 Å². The second kappa shape index (κ2) is 2.47. The van der Waals surface area contributed by atoms with Crippen LogP contribution in [0, 0.1) is 0 Å². The van der Waals surface area contributed by atoms with E-state index in [-0.39, 0.29) is 0 Å². The molecule has 4 heteroatoms. The molecule has 0 bridgehead atoms. The third-order valence-corrected chi connectivity index (χ3v) is 1.13. The Kier molecular flexibility index (Phi) is 0.542. The van der Waals surface area contributed by atoms with Crippen molar-refractivity contribution in [1.29, 1.82) is 0 Å². The SMILES string of the molecule is [2H]c1nc(=O)[nH]c(C2([2H])C([2H])([2H])OC2([2H])[2H])c1[2H]. The molecule has 0 aromatic carbocycles. The van der Waals surface area contributed by atoms with Crippen LogP contribution < -0.4 is 5.69 Å². The Morgan fingerprint density at radius 2 is 2.82 bits per heavy atom. The van der Waals surface area contributed by atoms with E-state index in [9.17, 15) is 4.79 Å². The van der Waals surface area contributed by atoms with Crippen LogP contribution in [0.1, 0.15) is 21.2 Å².